The average molecular weight is 340 g/mol. The van der Waals surface area contributed by atoms with E-state index in [2.05, 4.69) is 15.7 Å². The van der Waals surface area contributed by atoms with Gasteiger partial charge in [-0.25, -0.2) is 9.48 Å². The number of amides is 2. The van der Waals surface area contributed by atoms with Gasteiger partial charge < -0.3 is 10.6 Å². The predicted molar refractivity (Wildman–Crippen MR) is 81.6 cm³/mol. The highest BCUT2D eigenvalue weighted by Gasteiger charge is 2.33. The first-order valence-corrected chi connectivity index (χ1v) is 7.11. The van der Waals surface area contributed by atoms with Crippen molar-refractivity contribution in [2.45, 2.75) is 19.1 Å². The van der Waals surface area contributed by atoms with Crippen molar-refractivity contribution in [2.24, 2.45) is 0 Å². The van der Waals surface area contributed by atoms with Gasteiger partial charge in [0.05, 0.1) is 11.3 Å². The molecule has 128 valence electrons. The van der Waals surface area contributed by atoms with Gasteiger partial charge in [-0.3, -0.25) is 4.79 Å². The zero-order valence-electron chi connectivity index (χ0n) is 12.5. The number of benzene rings is 1. The molecule has 2 amide bonds. The van der Waals surface area contributed by atoms with Crippen LogP contribution in [0.15, 0.2) is 47.4 Å². The van der Waals surface area contributed by atoms with Crippen LogP contribution in [0.3, 0.4) is 0 Å². The monoisotopic (exact) mass is 340 g/mol. The number of nitrogens with zero attached hydrogens (tertiary/aromatic N) is 2. The molecule has 2 rings (SSSR count). The second kappa shape index (κ2) is 7.62. The highest BCUT2D eigenvalue weighted by molar-refractivity contribution is 5.90. The van der Waals surface area contributed by atoms with Crippen LogP contribution in [0.5, 0.6) is 0 Å². The van der Waals surface area contributed by atoms with Crippen LogP contribution in [-0.2, 0) is 12.7 Å². The number of hydrogen-bond acceptors (Lipinski definition) is 3. The third-order valence-electron chi connectivity index (χ3n) is 3.10. The maximum atomic E-state index is 12.8. The van der Waals surface area contributed by atoms with E-state index >= 15 is 0 Å². The quantitative estimate of drug-likeness (QED) is 0.821. The molecule has 0 saturated heterocycles. The van der Waals surface area contributed by atoms with E-state index in [9.17, 15) is 22.8 Å². The maximum absolute atomic E-state index is 12.8. The van der Waals surface area contributed by atoms with Crippen LogP contribution >= 0.6 is 0 Å². The normalized spacial score (nSPS) is 11.1. The minimum atomic E-state index is -4.55. The first-order valence-electron chi connectivity index (χ1n) is 7.11. The van der Waals surface area contributed by atoms with E-state index in [4.69, 9.17) is 0 Å². The van der Waals surface area contributed by atoms with Gasteiger partial charge >= 0.3 is 12.2 Å². The molecule has 24 heavy (non-hydrogen) atoms. The molecule has 0 radical (unpaired) electrons. The SMILES string of the molecule is O=C(NCCCn1ncccc1=O)Nc1ccccc1C(F)(F)F. The first-order chi connectivity index (χ1) is 11.4. The van der Waals surface area contributed by atoms with E-state index in [1.165, 1.54) is 41.2 Å². The molecule has 0 aliphatic heterocycles. The lowest BCUT2D eigenvalue weighted by atomic mass is 10.1. The predicted octanol–water partition coefficient (Wildman–Crippen LogP) is 2.47. The van der Waals surface area contributed by atoms with Crippen molar-refractivity contribution in [3.8, 4) is 0 Å². The molecule has 1 aromatic carbocycles. The van der Waals surface area contributed by atoms with E-state index in [1.54, 1.807) is 0 Å². The Morgan fingerprint density at radius 2 is 1.92 bits per heavy atom. The minimum absolute atomic E-state index is 0.184. The Balaban J connectivity index is 1.84. The van der Waals surface area contributed by atoms with Crippen molar-refractivity contribution >= 4 is 11.7 Å². The lowest BCUT2D eigenvalue weighted by Gasteiger charge is -2.14. The van der Waals surface area contributed by atoms with Crippen molar-refractivity contribution in [1.29, 1.82) is 0 Å². The molecule has 2 aromatic rings. The molecule has 0 unspecified atom stereocenters. The molecule has 6 nitrogen and oxygen atoms in total. The number of aryl methyl sites for hydroxylation is 1. The number of nitrogens with one attached hydrogen (secondary N) is 2. The number of rotatable bonds is 5. The molecule has 9 heteroatoms. The van der Waals surface area contributed by atoms with Gasteiger partial charge in [0.1, 0.15) is 0 Å². The Hall–Kier alpha value is -2.84. The van der Waals surface area contributed by atoms with Gasteiger partial charge in [0.25, 0.3) is 5.56 Å². The fraction of sp³-hybridized carbons (Fsp3) is 0.267. The number of aromatic nitrogens is 2. The summed E-state index contributed by atoms with van der Waals surface area (Å²) in [6.45, 7) is 0.474. The van der Waals surface area contributed by atoms with Gasteiger partial charge in [0.2, 0.25) is 0 Å². The number of hydrogen-bond donors (Lipinski definition) is 2. The molecule has 0 bridgehead atoms. The average Bonchev–Trinajstić information content (AvgIpc) is 2.52. The number of carbonyl (C=O) groups is 1. The lowest BCUT2D eigenvalue weighted by molar-refractivity contribution is -0.136. The summed E-state index contributed by atoms with van der Waals surface area (Å²) in [6.07, 6.45) is -2.68. The summed E-state index contributed by atoms with van der Waals surface area (Å²) in [7, 11) is 0. The van der Waals surface area contributed by atoms with Gasteiger partial charge in [-0.2, -0.15) is 18.3 Å². The van der Waals surface area contributed by atoms with Gasteiger partial charge in [0.15, 0.2) is 0 Å². The van der Waals surface area contributed by atoms with Crippen LogP contribution in [0.2, 0.25) is 0 Å². The van der Waals surface area contributed by atoms with Crippen LogP contribution in [-0.4, -0.2) is 22.4 Å². The molecule has 0 spiro atoms. The zero-order valence-corrected chi connectivity index (χ0v) is 12.5. The summed E-state index contributed by atoms with van der Waals surface area (Å²) in [6, 6.07) is 6.84. The highest BCUT2D eigenvalue weighted by atomic mass is 19.4. The van der Waals surface area contributed by atoms with Gasteiger partial charge in [-0.05, 0) is 24.6 Å². The Labute approximate surface area is 135 Å². The number of para-hydroxylation sites is 1. The second-order valence-electron chi connectivity index (χ2n) is 4.86. The third kappa shape index (κ3) is 4.83. The van der Waals surface area contributed by atoms with Gasteiger partial charge in [-0.1, -0.05) is 12.1 Å². The Bertz CT molecular complexity index is 759. The molecule has 0 aliphatic rings. The maximum Gasteiger partial charge on any atom is 0.418 e. The van der Waals surface area contributed by atoms with Crippen molar-refractivity contribution in [3.05, 3.63) is 58.5 Å². The lowest BCUT2D eigenvalue weighted by Crippen LogP contribution is -2.31. The summed E-state index contributed by atoms with van der Waals surface area (Å²) in [4.78, 5) is 23.1. The van der Waals surface area contributed by atoms with Gasteiger partial charge in [-0.15, -0.1) is 0 Å². The van der Waals surface area contributed by atoms with E-state index in [0.29, 0.717) is 13.0 Å². The zero-order chi connectivity index (χ0) is 17.6. The van der Waals surface area contributed by atoms with Crippen LogP contribution in [0.4, 0.5) is 23.7 Å². The second-order valence-corrected chi connectivity index (χ2v) is 4.86. The standard InChI is InChI=1S/C15H15F3N4O2/c16-15(17,18)11-5-1-2-6-12(11)21-14(24)19-8-4-10-22-13(23)7-3-9-20-22/h1-3,5-7,9H,4,8,10H2,(H2,19,21,24). The van der Waals surface area contributed by atoms with E-state index in [-0.39, 0.29) is 17.8 Å². The molecule has 1 heterocycles. The van der Waals surface area contributed by atoms with Crippen LogP contribution in [0.1, 0.15) is 12.0 Å². The fourth-order valence-corrected chi connectivity index (χ4v) is 1.99. The number of carbonyl (C=O) groups excluding carboxylic acids is 1. The topological polar surface area (TPSA) is 76.0 Å². The summed E-state index contributed by atoms with van der Waals surface area (Å²) < 4.78 is 39.7. The summed E-state index contributed by atoms with van der Waals surface area (Å²) in [5.41, 5.74) is -1.50. The van der Waals surface area contributed by atoms with Crippen molar-refractivity contribution in [2.75, 3.05) is 11.9 Å². The minimum Gasteiger partial charge on any atom is -0.338 e. The van der Waals surface area contributed by atoms with Crippen molar-refractivity contribution in [3.63, 3.8) is 0 Å². The molecule has 0 aliphatic carbocycles. The van der Waals surface area contributed by atoms with Crippen LogP contribution in [0, 0.1) is 0 Å². The van der Waals surface area contributed by atoms with Crippen LogP contribution < -0.4 is 16.2 Å². The fourth-order valence-electron chi connectivity index (χ4n) is 1.99. The smallest absolute Gasteiger partial charge is 0.338 e. The Morgan fingerprint density at radius 3 is 2.62 bits per heavy atom. The molecule has 0 saturated carbocycles. The molecule has 2 N–H and O–H groups in total. The number of anilines is 1. The van der Waals surface area contributed by atoms with E-state index in [0.717, 1.165) is 6.07 Å². The van der Waals surface area contributed by atoms with E-state index in [1.807, 2.05) is 0 Å². The summed E-state index contributed by atoms with van der Waals surface area (Å²) >= 11 is 0. The molecule has 1 aromatic heterocycles. The molecule has 0 fully saturated rings. The van der Waals surface area contributed by atoms with Crippen molar-refractivity contribution < 1.29 is 18.0 Å². The molecule has 0 atom stereocenters. The van der Waals surface area contributed by atoms with E-state index < -0.39 is 17.8 Å². The Kier molecular flexibility index (Phi) is 5.56. The first kappa shape index (κ1) is 17.5. The highest BCUT2D eigenvalue weighted by Crippen LogP contribution is 2.34. The van der Waals surface area contributed by atoms with Crippen molar-refractivity contribution in [1.82, 2.24) is 15.1 Å². The summed E-state index contributed by atoms with van der Waals surface area (Å²) in [5.74, 6) is 0. The largest absolute Gasteiger partial charge is 0.418 e. The van der Waals surface area contributed by atoms with Crippen LogP contribution in [0.25, 0.3) is 0 Å². The molecular weight excluding hydrogens is 325 g/mol. The van der Waals surface area contributed by atoms with Gasteiger partial charge in [0, 0.05) is 25.4 Å². The number of halogens is 3. The summed E-state index contributed by atoms with van der Waals surface area (Å²) in [5, 5.41) is 8.46. The Morgan fingerprint density at radius 1 is 1.17 bits per heavy atom. The number of alkyl halides is 3. The number of urea groups is 1. The third-order valence-corrected chi connectivity index (χ3v) is 3.10. The molecular formula is C15H15F3N4O2.